The maximum atomic E-state index is 11.7. The van der Waals surface area contributed by atoms with E-state index in [0.29, 0.717) is 0 Å². The summed E-state index contributed by atoms with van der Waals surface area (Å²) in [5.41, 5.74) is -0.670. The lowest BCUT2D eigenvalue weighted by Gasteiger charge is -2.24. The van der Waals surface area contributed by atoms with Crippen LogP contribution in [-0.2, 0) is 14.4 Å². The largest absolute Gasteiger partial charge is 0.480 e. The van der Waals surface area contributed by atoms with E-state index in [-0.39, 0.29) is 17.5 Å². The number of hydrogen-bond acceptors (Lipinski definition) is 4. The van der Waals surface area contributed by atoms with Crippen molar-refractivity contribution in [2.45, 2.75) is 39.3 Å². The molecule has 0 aromatic heterocycles. The van der Waals surface area contributed by atoms with Gasteiger partial charge in [0.2, 0.25) is 5.91 Å². The smallest absolute Gasteiger partial charge is 0.330 e. The summed E-state index contributed by atoms with van der Waals surface area (Å²) in [5.74, 6) is -1.54. The number of nitrogens with one attached hydrogen (secondary N) is 1. The second-order valence-corrected chi connectivity index (χ2v) is 5.29. The summed E-state index contributed by atoms with van der Waals surface area (Å²) in [6.07, 6.45) is -0.575. The fraction of sp³-hybridized carbons (Fsp3) is 0.700. The maximum absolute atomic E-state index is 11.7. The standard InChI is InChI=1S/C10H15ClN2O4/c1-10(2,3)9(16)12-7(8(14)15)5-4-6(11)13-17-5/h5,7H,4H2,1-3H3,(H,12,16)(H,14,15). The first-order valence-electron chi connectivity index (χ1n) is 5.14. The fourth-order valence-corrected chi connectivity index (χ4v) is 1.41. The Hall–Kier alpha value is -1.30. The number of oxime groups is 1. The average molecular weight is 263 g/mol. The first-order chi connectivity index (χ1) is 7.71. The minimum absolute atomic E-state index is 0.183. The fourth-order valence-electron chi connectivity index (χ4n) is 1.22. The number of carbonyl (C=O) groups is 2. The van der Waals surface area contributed by atoms with Gasteiger partial charge < -0.3 is 15.3 Å². The van der Waals surface area contributed by atoms with Crippen molar-refractivity contribution in [1.82, 2.24) is 5.32 Å². The summed E-state index contributed by atoms with van der Waals surface area (Å²) >= 11 is 5.60. The monoisotopic (exact) mass is 262 g/mol. The van der Waals surface area contributed by atoms with Gasteiger partial charge >= 0.3 is 5.97 Å². The van der Waals surface area contributed by atoms with E-state index in [1.54, 1.807) is 20.8 Å². The van der Waals surface area contributed by atoms with Gasteiger partial charge in [-0.3, -0.25) is 4.79 Å². The van der Waals surface area contributed by atoms with Crippen molar-refractivity contribution in [3.63, 3.8) is 0 Å². The van der Waals surface area contributed by atoms with Crippen LogP contribution in [0.5, 0.6) is 0 Å². The Morgan fingerprint density at radius 3 is 2.53 bits per heavy atom. The van der Waals surface area contributed by atoms with Crippen LogP contribution in [0.25, 0.3) is 0 Å². The lowest BCUT2D eigenvalue weighted by molar-refractivity contribution is -0.147. The van der Waals surface area contributed by atoms with Gasteiger partial charge in [-0.2, -0.15) is 0 Å². The van der Waals surface area contributed by atoms with Gasteiger partial charge in [0.05, 0.1) is 0 Å². The molecule has 0 spiro atoms. The molecular weight excluding hydrogens is 248 g/mol. The van der Waals surface area contributed by atoms with Crippen LogP contribution in [0.15, 0.2) is 5.16 Å². The number of carboxylic acid groups (broad SMARTS) is 1. The molecule has 0 aromatic rings. The molecule has 1 heterocycles. The van der Waals surface area contributed by atoms with E-state index in [4.69, 9.17) is 21.5 Å². The number of nitrogens with zero attached hydrogens (tertiary/aromatic N) is 1. The number of carbonyl (C=O) groups excluding carboxylic acids is 1. The Labute approximate surface area is 104 Å². The van der Waals surface area contributed by atoms with Crippen molar-refractivity contribution in [2.24, 2.45) is 10.6 Å². The number of hydrogen-bond donors (Lipinski definition) is 2. The Bertz CT molecular complexity index is 362. The second-order valence-electron chi connectivity index (χ2n) is 4.85. The molecule has 6 nitrogen and oxygen atoms in total. The summed E-state index contributed by atoms with van der Waals surface area (Å²) < 4.78 is 0. The van der Waals surface area contributed by atoms with Crippen LogP contribution in [0, 0.1) is 5.41 Å². The van der Waals surface area contributed by atoms with Gasteiger partial charge in [0.15, 0.2) is 12.1 Å². The van der Waals surface area contributed by atoms with Crippen LogP contribution in [0.1, 0.15) is 27.2 Å². The molecule has 0 saturated carbocycles. The van der Waals surface area contributed by atoms with Crippen LogP contribution < -0.4 is 5.32 Å². The van der Waals surface area contributed by atoms with Gasteiger partial charge in [-0.25, -0.2) is 4.79 Å². The van der Waals surface area contributed by atoms with Crippen LogP contribution in [0.4, 0.5) is 0 Å². The molecule has 2 N–H and O–H groups in total. The van der Waals surface area contributed by atoms with E-state index in [9.17, 15) is 9.59 Å². The summed E-state index contributed by atoms with van der Waals surface area (Å²) in [6.45, 7) is 5.08. The molecule has 0 aliphatic carbocycles. The van der Waals surface area contributed by atoms with E-state index in [1.165, 1.54) is 0 Å². The Balaban J connectivity index is 2.69. The Morgan fingerprint density at radius 2 is 2.18 bits per heavy atom. The zero-order valence-corrected chi connectivity index (χ0v) is 10.6. The molecule has 2 atom stereocenters. The number of halogens is 1. The second kappa shape index (κ2) is 4.91. The Morgan fingerprint density at radius 1 is 1.59 bits per heavy atom. The van der Waals surface area contributed by atoms with Crippen molar-refractivity contribution < 1.29 is 19.5 Å². The number of carboxylic acids is 1. The molecule has 1 aliphatic heterocycles. The third kappa shape index (κ3) is 3.59. The average Bonchev–Trinajstić information content (AvgIpc) is 2.58. The zero-order chi connectivity index (χ0) is 13.2. The van der Waals surface area contributed by atoms with Gasteiger partial charge in [0, 0.05) is 11.8 Å². The molecule has 1 aliphatic rings. The lowest BCUT2D eigenvalue weighted by Crippen LogP contribution is -2.51. The van der Waals surface area contributed by atoms with Gasteiger partial charge in [-0.05, 0) is 0 Å². The van der Waals surface area contributed by atoms with Crippen molar-refractivity contribution in [1.29, 1.82) is 0 Å². The summed E-state index contributed by atoms with van der Waals surface area (Å²) in [4.78, 5) is 27.6. The molecule has 0 aromatic carbocycles. The third-order valence-corrected chi connectivity index (χ3v) is 2.49. The molecule has 17 heavy (non-hydrogen) atoms. The normalized spacial score (nSPS) is 21.4. The molecule has 2 unspecified atom stereocenters. The van der Waals surface area contributed by atoms with Crippen LogP contribution in [0.2, 0.25) is 0 Å². The lowest BCUT2D eigenvalue weighted by atomic mass is 9.94. The SMILES string of the molecule is CC(C)(C)C(=O)NC(C(=O)O)C1CC(Cl)=NO1. The predicted molar refractivity (Wildman–Crippen MR) is 61.8 cm³/mol. The summed E-state index contributed by atoms with van der Waals surface area (Å²) in [5, 5.41) is 15.1. The van der Waals surface area contributed by atoms with Gasteiger partial charge in [0.1, 0.15) is 5.17 Å². The van der Waals surface area contributed by atoms with E-state index >= 15 is 0 Å². The van der Waals surface area contributed by atoms with E-state index in [2.05, 4.69) is 10.5 Å². The minimum atomic E-state index is -1.17. The van der Waals surface area contributed by atoms with E-state index in [0.717, 1.165) is 0 Å². The van der Waals surface area contributed by atoms with Crippen LogP contribution in [0.3, 0.4) is 0 Å². The molecular formula is C10H15ClN2O4. The highest BCUT2D eigenvalue weighted by atomic mass is 35.5. The Kier molecular flexibility index (Phi) is 3.98. The van der Waals surface area contributed by atoms with E-state index < -0.39 is 23.5 Å². The maximum Gasteiger partial charge on any atom is 0.330 e. The molecule has 0 radical (unpaired) electrons. The number of rotatable bonds is 3. The molecule has 1 rings (SSSR count). The van der Waals surface area contributed by atoms with Gasteiger partial charge in [-0.15, -0.1) is 0 Å². The zero-order valence-electron chi connectivity index (χ0n) is 9.86. The van der Waals surface area contributed by atoms with Gasteiger partial charge in [-0.1, -0.05) is 37.5 Å². The minimum Gasteiger partial charge on any atom is -0.480 e. The van der Waals surface area contributed by atoms with Crippen molar-refractivity contribution in [3.8, 4) is 0 Å². The number of aliphatic carboxylic acids is 1. The highest BCUT2D eigenvalue weighted by Crippen LogP contribution is 2.19. The topological polar surface area (TPSA) is 88.0 Å². The van der Waals surface area contributed by atoms with E-state index in [1.807, 2.05) is 0 Å². The summed E-state index contributed by atoms with van der Waals surface area (Å²) in [7, 11) is 0. The molecule has 1 amide bonds. The van der Waals surface area contributed by atoms with Crippen molar-refractivity contribution in [3.05, 3.63) is 0 Å². The van der Waals surface area contributed by atoms with Crippen molar-refractivity contribution >= 4 is 28.6 Å². The highest BCUT2D eigenvalue weighted by Gasteiger charge is 2.37. The van der Waals surface area contributed by atoms with Gasteiger partial charge in [0.25, 0.3) is 0 Å². The predicted octanol–water partition coefficient (Wildman–Crippen LogP) is 0.943. The molecule has 0 bridgehead atoms. The molecule has 96 valence electrons. The first-order valence-corrected chi connectivity index (χ1v) is 5.51. The van der Waals surface area contributed by atoms with Crippen LogP contribution in [-0.4, -0.2) is 34.3 Å². The molecule has 0 fully saturated rings. The van der Waals surface area contributed by atoms with Crippen molar-refractivity contribution in [2.75, 3.05) is 0 Å². The first kappa shape index (κ1) is 13.8. The van der Waals surface area contributed by atoms with Crippen LogP contribution >= 0.6 is 11.6 Å². The highest BCUT2D eigenvalue weighted by molar-refractivity contribution is 6.65. The quantitative estimate of drug-likeness (QED) is 0.792. The molecule has 0 saturated heterocycles. The number of amides is 1. The third-order valence-electron chi connectivity index (χ3n) is 2.26. The summed E-state index contributed by atoms with van der Waals surface area (Å²) in [6, 6.07) is -1.15. The molecule has 7 heteroatoms.